The van der Waals surface area contributed by atoms with Gasteiger partial charge >= 0.3 is 0 Å². The van der Waals surface area contributed by atoms with Crippen molar-refractivity contribution in [2.24, 2.45) is 10.1 Å². The molecule has 0 amide bonds. The van der Waals surface area contributed by atoms with Crippen LogP contribution in [0.2, 0.25) is 0 Å². The summed E-state index contributed by atoms with van der Waals surface area (Å²) in [4.78, 5) is 3.52. The fraction of sp³-hybridized carbons (Fsp3) is 0.400. The summed E-state index contributed by atoms with van der Waals surface area (Å²) in [6, 6.07) is 0. The molecule has 0 aromatic heterocycles. The van der Waals surface area contributed by atoms with E-state index < -0.39 is 0 Å². The third-order valence-electron chi connectivity index (χ3n) is 1.70. The first-order chi connectivity index (χ1) is 6.63. The molecule has 0 aromatic carbocycles. The number of hydrogen-bond acceptors (Lipinski definition) is 3. The van der Waals surface area contributed by atoms with E-state index in [9.17, 15) is 0 Å². The standard InChI is InChI=1S/C10H18N4/c1-6-7-8-10(2)13(4)14(5)12-9-11-3/h7-9H,2-3,6H2,1,4-5H3/b8-7-,12-9?. The van der Waals surface area contributed by atoms with Crippen molar-refractivity contribution in [2.75, 3.05) is 14.1 Å². The van der Waals surface area contributed by atoms with E-state index in [1.807, 2.05) is 31.3 Å². The van der Waals surface area contributed by atoms with Crippen LogP contribution >= 0.6 is 0 Å². The second-order valence-electron chi connectivity index (χ2n) is 2.73. The Hall–Kier alpha value is -1.58. The molecule has 78 valence electrons. The SMILES string of the molecule is C=NC=NN(C)N(C)C(=C)/C=C\CC. The lowest BCUT2D eigenvalue weighted by molar-refractivity contribution is 0.0749. The number of hydrazone groups is 1. The summed E-state index contributed by atoms with van der Waals surface area (Å²) in [6.45, 7) is 9.28. The van der Waals surface area contributed by atoms with Gasteiger partial charge in [-0.15, -0.1) is 5.10 Å². The first-order valence-electron chi connectivity index (χ1n) is 4.44. The van der Waals surface area contributed by atoms with E-state index in [0.29, 0.717) is 0 Å². The van der Waals surface area contributed by atoms with Gasteiger partial charge in [0.1, 0.15) is 6.34 Å². The van der Waals surface area contributed by atoms with Crippen molar-refractivity contribution in [1.29, 1.82) is 0 Å². The fourth-order valence-electron chi connectivity index (χ4n) is 0.736. The van der Waals surface area contributed by atoms with Gasteiger partial charge in [-0.25, -0.2) is 5.12 Å². The van der Waals surface area contributed by atoms with Crippen molar-refractivity contribution in [1.82, 2.24) is 10.1 Å². The maximum absolute atomic E-state index is 3.98. The van der Waals surface area contributed by atoms with Crippen molar-refractivity contribution in [3.8, 4) is 0 Å². The molecule has 0 aromatic rings. The highest BCUT2D eigenvalue weighted by atomic mass is 15.8. The van der Waals surface area contributed by atoms with E-state index in [-0.39, 0.29) is 0 Å². The van der Waals surface area contributed by atoms with E-state index in [0.717, 1.165) is 12.1 Å². The molecule has 0 radical (unpaired) electrons. The topological polar surface area (TPSA) is 31.2 Å². The summed E-state index contributed by atoms with van der Waals surface area (Å²) < 4.78 is 0. The number of nitrogens with zero attached hydrogens (tertiary/aromatic N) is 4. The van der Waals surface area contributed by atoms with Crippen molar-refractivity contribution < 1.29 is 0 Å². The lowest BCUT2D eigenvalue weighted by atomic mass is 10.3. The van der Waals surface area contributed by atoms with E-state index in [1.165, 1.54) is 6.34 Å². The summed E-state index contributed by atoms with van der Waals surface area (Å²) in [5.41, 5.74) is 0.871. The average molecular weight is 194 g/mol. The van der Waals surface area contributed by atoms with Crippen LogP contribution in [0.15, 0.2) is 34.5 Å². The molecule has 0 unspecified atom stereocenters. The predicted octanol–water partition coefficient (Wildman–Crippen LogP) is 1.89. The molecule has 14 heavy (non-hydrogen) atoms. The van der Waals surface area contributed by atoms with Gasteiger partial charge in [0, 0.05) is 14.1 Å². The molecule has 0 saturated heterocycles. The van der Waals surface area contributed by atoms with Crippen molar-refractivity contribution in [3.05, 3.63) is 24.4 Å². The van der Waals surface area contributed by atoms with Crippen LogP contribution in [-0.4, -0.2) is 37.3 Å². The third-order valence-corrected chi connectivity index (χ3v) is 1.70. The summed E-state index contributed by atoms with van der Waals surface area (Å²) in [7, 11) is 3.69. The molecule has 0 heterocycles. The van der Waals surface area contributed by atoms with Crippen LogP contribution in [0, 0.1) is 0 Å². The fourth-order valence-corrected chi connectivity index (χ4v) is 0.736. The smallest absolute Gasteiger partial charge is 0.136 e. The molecule has 4 heteroatoms. The molecule has 0 aliphatic heterocycles. The first-order valence-corrected chi connectivity index (χ1v) is 4.44. The Labute approximate surface area is 85.9 Å². The van der Waals surface area contributed by atoms with Crippen LogP contribution in [0.1, 0.15) is 13.3 Å². The van der Waals surface area contributed by atoms with Crippen molar-refractivity contribution in [3.63, 3.8) is 0 Å². The maximum Gasteiger partial charge on any atom is 0.136 e. The van der Waals surface area contributed by atoms with Gasteiger partial charge in [-0.05, 0) is 19.2 Å². The molecular weight excluding hydrogens is 176 g/mol. The Bertz CT molecular complexity index is 243. The van der Waals surface area contributed by atoms with Gasteiger partial charge in [0.2, 0.25) is 0 Å². The molecule has 0 aliphatic rings. The van der Waals surface area contributed by atoms with Crippen LogP contribution in [0.5, 0.6) is 0 Å². The lowest BCUT2D eigenvalue weighted by Gasteiger charge is -2.27. The highest BCUT2D eigenvalue weighted by molar-refractivity contribution is 5.61. The quantitative estimate of drug-likeness (QED) is 0.280. The Kier molecular flexibility index (Phi) is 6.11. The predicted molar refractivity (Wildman–Crippen MR) is 62.1 cm³/mol. The summed E-state index contributed by atoms with van der Waals surface area (Å²) in [6.07, 6.45) is 6.37. The molecule has 0 saturated carbocycles. The molecule has 4 nitrogen and oxygen atoms in total. The second-order valence-corrected chi connectivity index (χ2v) is 2.73. The molecule has 0 rings (SSSR count). The normalized spacial score (nSPS) is 10.8. The molecule has 0 fully saturated rings. The minimum atomic E-state index is 0.871. The minimum absolute atomic E-state index is 0.871. The van der Waals surface area contributed by atoms with E-state index in [2.05, 4.69) is 30.3 Å². The van der Waals surface area contributed by atoms with Gasteiger partial charge in [-0.2, -0.15) is 0 Å². The zero-order valence-corrected chi connectivity index (χ0v) is 9.14. The number of hydrogen-bond donors (Lipinski definition) is 0. The van der Waals surface area contributed by atoms with E-state index in [1.54, 1.807) is 5.12 Å². The van der Waals surface area contributed by atoms with Gasteiger partial charge in [-0.1, -0.05) is 19.6 Å². The van der Waals surface area contributed by atoms with Crippen molar-refractivity contribution >= 4 is 13.1 Å². The Morgan fingerprint density at radius 1 is 1.43 bits per heavy atom. The lowest BCUT2D eigenvalue weighted by Crippen LogP contribution is -2.30. The molecule has 0 spiro atoms. The Morgan fingerprint density at radius 2 is 2.07 bits per heavy atom. The minimum Gasteiger partial charge on any atom is -0.274 e. The maximum atomic E-state index is 3.98. The highest BCUT2D eigenvalue weighted by Crippen LogP contribution is 2.04. The number of allylic oxidation sites excluding steroid dienone is 2. The molecule has 0 bridgehead atoms. The van der Waals surface area contributed by atoms with Gasteiger partial charge < -0.3 is 0 Å². The summed E-state index contributed by atoms with van der Waals surface area (Å²) in [5, 5.41) is 7.43. The number of rotatable bonds is 6. The van der Waals surface area contributed by atoms with Crippen LogP contribution in [0.3, 0.4) is 0 Å². The highest BCUT2D eigenvalue weighted by Gasteiger charge is 2.01. The largest absolute Gasteiger partial charge is 0.274 e. The second kappa shape index (κ2) is 6.88. The monoisotopic (exact) mass is 194 g/mol. The number of hydrazine groups is 1. The average Bonchev–Trinajstić information content (AvgIpc) is 2.21. The zero-order chi connectivity index (χ0) is 11.0. The van der Waals surface area contributed by atoms with Gasteiger partial charge in [0.05, 0.1) is 5.70 Å². The van der Waals surface area contributed by atoms with Crippen LogP contribution in [-0.2, 0) is 0 Å². The Morgan fingerprint density at radius 3 is 2.57 bits per heavy atom. The first kappa shape index (κ1) is 12.4. The number of aliphatic imine (C=N–C) groups is 1. The van der Waals surface area contributed by atoms with Gasteiger partial charge in [0.15, 0.2) is 0 Å². The van der Waals surface area contributed by atoms with Crippen LogP contribution in [0.25, 0.3) is 0 Å². The third kappa shape index (κ3) is 4.45. The Balaban J connectivity index is 4.23. The van der Waals surface area contributed by atoms with Gasteiger partial charge in [-0.3, -0.25) is 10.0 Å². The van der Waals surface area contributed by atoms with Crippen LogP contribution in [0.4, 0.5) is 0 Å². The summed E-state index contributed by atoms with van der Waals surface area (Å²) in [5.74, 6) is 0. The van der Waals surface area contributed by atoms with E-state index >= 15 is 0 Å². The van der Waals surface area contributed by atoms with Gasteiger partial charge in [0.25, 0.3) is 0 Å². The number of likely N-dealkylation sites (N-methyl/N-ethyl adjacent to an activating group) is 1. The summed E-state index contributed by atoms with van der Waals surface area (Å²) >= 11 is 0. The molecule has 0 atom stereocenters. The van der Waals surface area contributed by atoms with E-state index in [4.69, 9.17) is 0 Å². The molecule has 0 aliphatic carbocycles. The van der Waals surface area contributed by atoms with Crippen LogP contribution < -0.4 is 0 Å². The zero-order valence-electron chi connectivity index (χ0n) is 9.14. The van der Waals surface area contributed by atoms with Crippen molar-refractivity contribution in [2.45, 2.75) is 13.3 Å². The molecule has 0 N–H and O–H groups in total. The molecular formula is C10H18N4.